The van der Waals surface area contributed by atoms with E-state index in [2.05, 4.69) is 30.3 Å². The molecule has 0 saturated carbocycles. The summed E-state index contributed by atoms with van der Waals surface area (Å²) in [6.45, 7) is 4.10. The molecule has 2 heterocycles. The molecule has 0 bridgehead atoms. The van der Waals surface area contributed by atoms with E-state index in [1.165, 1.54) is 0 Å². The molecule has 25 heavy (non-hydrogen) atoms. The molecule has 6 heteroatoms. The summed E-state index contributed by atoms with van der Waals surface area (Å²) in [6, 6.07) is 11.8. The highest BCUT2D eigenvalue weighted by molar-refractivity contribution is 5.78. The zero-order chi connectivity index (χ0) is 18.0. The monoisotopic (exact) mass is 336 g/mol. The number of benzene rings is 1. The quantitative estimate of drug-likeness (QED) is 0.771. The molecule has 0 aliphatic heterocycles. The maximum absolute atomic E-state index is 9.46. The number of anilines is 1. The van der Waals surface area contributed by atoms with Crippen molar-refractivity contribution in [2.75, 3.05) is 19.5 Å². The van der Waals surface area contributed by atoms with Crippen LogP contribution in [0.4, 0.5) is 5.69 Å². The molecule has 0 radical (unpaired) electrons. The smallest absolute Gasteiger partial charge is 0.161 e. The van der Waals surface area contributed by atoms with Crippen molar-refractivity contribution in [3.63, 3.8) is 0 Å². The minimum atomic E-state index is -0.447. The first-order valence-electron chi connectivity index (χ1n) is 7.87. The van der Waals surface area contributed by atoms with Gasteiger partial charge in [0, 0.05) is 6.20 Å². The molecule has 6 nitrogen and oxygen atoms in total. The van der Waals surface area contributed by atoms with Gasteiger partial charge in [0.25, 0.3) is 0 Å². The van der Waals surface area contributed by atoms with Crippen LogP contribution in [0, 0.1) is 11.3 Å². The van der Waals surface area contributed by atoms with Crippen molar-refractivity contribution >= 4 is 11.2 Å². The first-order valence-corrected chi connectivity index (χ1v) is 7.87. The van der Waals surface area contributed by atoms with Crippen molar-refractivity contribution in [3.05, 3.63) is 53.9 Å². The number of fused-ring (bicyclic) bond motifs is 1. The Labute approximate surface area is 146 Å². The third-order valence-corrected chi connectivity index (χ3v) is 4.23. The largest absolute Gasteiger partial charge is 0.493 e. The summed E-state index contributed by atoms with van der Waals surface area (Å²) in [5.41, 5.74) is 2.67. The van der Waals surface area contributed by atoms with Crippen LogP contribution in [0.25, 0.3) is 5.52 Å². The molecule has 0 amide bonds. The molecule has 2 aromatic heterocycles. The molecule has 1 aromatic carbocycles. The molecule has 0 aliphatic rings. The number of nitrogens with zero attached hydrogens (tertiary/aromatic N) is 3. The van der Waals surface area contributed by atoms with Crippen LogP contribution < -0.4 is 14.8 Å². The Hall–Kier alpha value is -3.20. The minimum Gasteiger partial charge on any atom is -0.493 e. The van der Waals surface area contributed by atoms with Crippen molar-refractivity contribution in [3.8, 4) is 17.6 Å². The Kier molecular flexibility index (Phi) is 4.24. The van der Waals surface area contributed by atoms with E-state index in [0.29, 0.717) is 17.1 Å². The van der Waals surface area contributed by atoms with Gasteiger partial charge in [0.1, 0.15) is 6.07 Å². The third kappa shape index (κ3) is 2.96. The van der Waals surface area contributed by atoms with Crippen molar-refractivity contribution in [2.24, 2.45) is 0 Å². The zero-order valence-electron chi connectivity index (χ0n) is 14.7. The number of nitriles is 1. The fourth-order valence-electron chi connectivity index (χ4n) is 2.82. The first-order chi connectivity index (χ1) is 12.0. The number of aromatic nitrogens is 2. The molecule has 128 valence electrons. The Morgan fingerprint density at radius 2 is 1.92 bits per heavy atom. The van der Waals surface area contributed by atoms with Crippen LogP contribution >= 0.6 is 0 Å². The average molecular weight is 336 g/mol. The molecule has 0 saturated heterocycles. The van der Waals surface area contributed by atoms with Gasteiger partial charge in [-0.3, -0.25) is 0 Å². The van der Waals surface area contributed by atoms with E-state index < -0.39 is 5.54 Å². The van der Waals surface area contributed by atoms with Gasteiger partial charge < -0.3 is 14.8 Å². The lowest BCUT2D eigenvalue weighted by molar-refractivity contribution is 0.353. The van der Waals surface area contributed by atoms with Crippen LogP contribution in [0.5, 0.6) is 11.5 Å². The molecular formula is C19H20N4O2. The predicted molar refractivity (Wildman–Crippen MR) is 96.1 cm³/mol. The van der Waals surface area contributed by atoms with E-state index in [1.807, 2.05) is 36.5 Å². The summed E-state index contributed by atoms with van der Waals surface area (Å²) in [4.78, 5) is 0. The summed E-state index contributed by atoms with van der Waals surface area (Å²) in [7, 11) is 3.23. The van der Waals surface area contributed by atoms with E-state index >= 15 is 0 Å². The maximum Gasteiger partial charge on any atom is 0.161 e. The van der Waals surface area contributed by atoms with Gasteiger partial charge in [-0.15, -0.1) is 0 Å². The van der Waals surface area contributed by atoms with Crippen LogP contribution in [-0.2, 0) is 5.54 Å². The molecule has 3 rings (SSSR count). The fourth-order valence-corrected chi connectivity index (χ4v) is 2.82. The summed E-state index contributed by atoms with van der Waals surface area (Å²) < 4.78 is 12.5. The molecule has 0 atom stereocenters. The van der Waals surface area contributed by atoms with E-state index in [4.69, 9.17) is 9.47 Å². The number of hydrogen-bond acceptors (Lipinski definition) is 5. The van der Waals surface area contributed by atoms with Gasteiger partial charge in [-0.2, -0.15) is 10.4 Å². The lowest BCUT2D eigenvalue weighted by atomic mass is 9.93. The Bertz CT molecular complexity index is 954. The highest BCUT2D eigenvalue weighted by atomic mass is 16.5. The van der Waals surface area contributed by atoms with Crippen molar-refractivity contribution in [1.29, 1.82) is 5.26 Å². The summed E-state index contributed by atoms with van der Waals surface area (Å²) >= 11 is 0. The van der Waals surface area contributed by atoms with Crippen LogP contribution in [0.1, 0.15) is 25.0 Å². The highest BCUT2D eigenvalue weighted by Gasteiger charge is 2.24. The average Bonchev–Trinajstić information content (AvgIpc) is 3.10. The SMILES string of the molecule is COc1ccc(C(C)(C)Nc2c(C#N)cnn3cccc23)cc1OC. The lowest BCUT2D eigenvalue weighted by Gasteiger charge is -2.29. The van der Waals surface area contributed by atoms with Crippen LogP contribution in [-0.4, -0.2) is 23.8 Å². The molecule has 1 N–H and O–H groups in total. The zero-order valence-corrected chi connectivity index (χ0v) is 14.7. The number of rotatable bonds is 5. The number of hydrogen-bond donors (Lipinski definition) is 1. The van der Waals surface area contributed by atoms with E-state index in [9.17, 15) is 5.26 Å². The minimum absolute atomic E-state index is 0.447. The normalized spacial score (nSPS) is 11.2. The van der Waals surface area contributed by atoms with E-state index in [1.54, 1.807) is 24.9 Å². The first kappa shape index (κ1) is 16.7. The topological polar surface area (TPSA) is 71.6 Å². The fraction of sp³-hybridized carbons (Fsp3) is 0.263. The van der Waals surface area contributed by atoms with E-state index in [0.717, 1.165) is 16.8 Å². The van der Waals surface area contributed by atoms with Gasteiger partial charge >= 0.3 is 0 Å². The molecule has 0 fully saturated rings. The summed E-state index contributed by atoms with van der Waals surface area (Å²) in [5, 5.41) is 17.2. The van der Waals surface area contributed by atoms with Crippen molar-refractivity contribution in [2.45, 2.75) is 19.4 Å². The Balaban J connectivity index is 2.05. The number of nitrogens with one attached hydrogen (secondary N) is 1. The van der Waals surface area contributed by atoms with Gasteiger partial charge in [-0.25, -0.2) is 4.52 Å². The third-order valence-electron chi connectivity index (χ3n) is 4.23. The number of methoxy groups -OCH3 is 2. The maximum atomic E-state index is 9.46. The molecular weight excluding hydrogens is 316 g/mol. The molecule has 0 unspecified atom stereocenters. The second-order valence-corrected chi connectivity index (χ2v) is 6.20. The highest BCUT2D eigenvalue weighted by Crippen LogP contribution is 2.35. The molecule has 3 aromatic rings. The van der Waals surface area contributed by atoms with Gasteiger partial charge in [-0.05, 0) is 43.7 Å². The van der Waals surface area contributed by atoms with Gasteiger partial charge in [0.15, 0.2) is 11.5 Å². The van der Waals surface area contributed by atoms with Gasteiger partial charge in [-0.1, -0.05) is 6.07 Å². The summed E-state index contributed by atoms with van der Waals surface area (Å²) in [5.74, 6) is 1.34. The van der Waals surface area contributed by atoms with Crippen LogP contribution in [0.2, 0.25) is 0 Å². The Morgan fingerprint density at radius 3 is 2.60 bits per heavy atom. The second kappa shape index (κ2) is 6.36. The predicted octanol–water partition coefficient (Wildman–Crippen LogP) is 3.57. The van der Waals surface area contributed by atoms with Crippen LogP contribution in [0.15, 0.2) is 42.7 Å². The Morgan fingerprint density at radius 1 is 1.16 bits per heavy atom. The van der Waals surface area contributed by atoms with Crippen molar-refractivity contribution in [1.82, 2.24) is 9.61 Å². The van der Waals surface area contributed by atoms with Gasteiger partial charge in [0.2, 0.25) is 0 Å². The van der Waals surface area contributed by atoms with Crippen LogP contribution in [0.3, 0.4) is 0 Å². The van der Waals surface area contributed by atoms with Gasteiger partial charge in [0.05, 0.1) is 42.7 Å². The number of ether oxygens (including phenoxy) is 2. The summed E-state index contributed by atoms with van der Waals surface area (Å²) in [6.07, 6.45) is 3.42. The molecule has 0 spiro atoms. The van der Waals surface area contributed by atoms with E-state index in [-0.39, 0.29) is 0 Å². The van der Waals surface area contributed by atoms with Crippen molar-refractivity contribution < 1.29 is 9.47 Å². The standard InChI is InChI=1S/C19H20N4O2/c1-19(2,14-7-8-16(24-3)17(10-14)25-4)22-18-13(11-20)12-21-23-9-5-6-15(18)23/h5-10,12,22H,1-4H3. The molecule has 0 aliphatic carbocycles. The lowest BCUT2D eigenvalue weighted by Crippen LogP contribution is -2.28. The second-order valence-electron chi connectivity index (χ2n) is 6.20.